The van der Waals surface area contributed by atoms with E-state index in [1.54, 1.807) is 6.07 Å². The Balaban J connectivity index is 2.54. The van der Waals surface area contributed by atoms with E-state index in [9.17, 15) is 19.8 Å². The van der Waals surface area contributed by atoms with Gasteiger partial charge in [-0.2, -0.15) is 5.26 Å². The molecule has 0 N–H and O–H groups in total. The Morgan fingerprint density at radius 2 is 2.00 bits per heavy atom. The fourth-order valence-corrected chi connectivity index (χ4v) is 2.10. The van der Waals surface area contributed by atoms with Crippen molar-refractivity contribution in [2.45, 2.75) is 0 Å². The Morgan fingerprint density at radius 1 is 1.25 bits per heavy atom. The number of halogens is 1. The largest absolute Gasteiger partial charge is 0.497 e. The molecule has 0 radical (unpaired) electrons. The van der Waals surface area contributed by atoms with Gasteiger partial charge in [-0.1, -0.05) is 0 Å². The molecule has 122 valence electrons. The normalized spacial score (nSPS) is 10.8. The second kappa shape index (κ2) is 7.24. The number of methoxy groups -OCH3 is 2. The maximum Gasteiger partial charge on any atom is 0.280 e. The molecule has 2 rings (SSSR count). The summed E-state index contributed by atoms with van der Waals surface area (Å²) in [5.41, 5.74) is 0.385. The number of allylic oxidation sites excluding steroid dienone is 1. The molecule has 0 fully saturated rings. The maximum atomic E-state index is 13.8. The van der Waals surface area contributed by atoms with E-state index in [0.717, 1.165) is 6.07 Å². The van der Waals surface area contributed by atoms with E-state index in [1.807, 2.05) is 6.07 Å². The van der Waals surface area contributed by atoms with Crippen molar-refractivity contribution in [1.29, 1.82) is 5.26 Å². The lowest BCUT2D eigenvalue weighted by Crippen LogP contribution is -1.94. The predicted octanol–water partition coefficient (Wildman–Crippen LogP) is 3.82. The SMILES string of the molecule is COc1ccc(/C=C(\C#N)c2ccc(OC)c(F)c2)c([N+](=O)[O-])c1. The van der Waals surface area contributed by atoms with Crippen LogP contribution in [0.3, 0.4) is 0 Å². The van der Waals surface area contributed by atoms with Crippen LogP contribution in [0.4, 0.5) is 10.1 Å². The third-order valence-electron chi connectivity index (χ3n) is 3.32. The van der Waals surface area contributed by atoms with Crippen LogP contribution in [0.25, 0.3) is 11.6 Å². The zero-order valence-electron chi connectivity index (χ0n) is 12.9. The number of ether oxygens (including phenoxy) is 2. The zero-order chi connectivity index (χ0) is 17.7. The van der Waals surface area contributed by atoms with Crippen LogP contribution in [0.15, 0.2) is 36.4 Å². The zero-order valence-corrected chi connectivity index (χ0v) is 12.9. The second-order valence-electron chi connectivity index (χ2n) is 4.70. The van der Waals surface area contributed by atoms with Gasteiger partial charge in [0.15, 0.2) is 11.6 Å². The van der Waals surface area contributed by atoms with Gasteiger partial charge in [-0.05, 0) is 42.0 Å². The molecule has 0 aliphatic rings. The summed E-state index contributed by atoms with van der Waals surface area (Å²) in [6.45, 7) is 0. The summed E-state index contributed by atoms with van der Waals surface area (Å²) >= 11 is 0. The number of nitro benzene ring substituents is 1. The molecule has 0 saturated heterocycles. The molecule has 0 unspecified atom stereocenters. The van der Waals surface area contributed by atoms with E-state index >= 15 is 0 Å². The quantitative estimate of drug-likeness (QED) is 0.360. The van der Waals surface area contributed by atoms with Crippen molar-refractivity contribution < 1.29 is 18.8 Å². The van der Waals surface area contributed by atoms with Crippen molar-refractivity contribution >= 4 is 17.3 Å². The van der Waals surface area contributed by atoms with Gasteiger partial charge in [-0.15, -0.1) is 0 Å². The van der Waals surface area contributed by atoms with Crippen LogP contribution in [0.5, 0.6) is 11.5 Å². The summed E-state index contributed by atoms with van der Waals surface area (Å²) in [4.78, 5) is 10.6. The van der Waals surface area contributed by atoms with Gasteiger partial charge >= 0.3 is 0 Å². The van der Waals surface area contributed by atoms with E-state index in [0.29, 0.717) is 11.3 Å². The van der Waals surface area contributed by atoms with Crippen LogP contribution in [0, 0.1) is 27.3 Å². The fraction of sp³-hybridized carbons (Fsp3) is 0.118. The number of nitriles is 1. The molecule has 7 heteroatoms. The number of benzene rings is 2. The number of hydrogen-bond donors (Lipinski definition) is 0. The average Bonchev–Trinajstić information content (AvgIpc) is 2.59. The first-order valence-corrected chi connectivity index (χ1v) is 6.78. The molecular formula is C17H13FN2O4. The summed E-state index contributed by atoms with van der Waals surface area (Å²) in [5.74, 6) is -0.250. The minimum absolute atomic E-state index is 0.0477. The highest BCUT2D eigenvalue weighted by atomic mass is 19.1. The second-order valence-corrected chi connectivity index (χ2v) is 4.70. The van der Waals surface area contributed by atoms with E-state index < -0.39 is 10.7 Å². The van der Waals surface area contributed by atoms with Crippen LogP contribution < -0.4 is 9.47 Å². The summed E-state index contributed by atoms with van der Waals surface area (Å²) in [7, 11) is 2.73. The van der Waals surface area contributed by atoms with E-state index in [-0.39, 0.29) is 22.6 Å². The van der Waals surface area contributed by atoms with Crippen LogP contribution in [-0.4, -0.2) is 19.1 Å². The molecule has 0 aliphatic carbocycles. The van der Waals surface area contributed by atoms with Gasteiger partial charge < -0.3 is 9.47 Å². The summed E-state index contributed by atoms with van der Waals surface area (Å²) in [6.07, 6.45) is 1.33. The topological polar surface area (TPSA) is 85.4 Å². The van der Waals surface area contributed by atoms with Gasteiger partial charge in [0.1, 0.15) is 5.75 Å². The molecule has 2 aromatic rings. The summed E-state index contributed by atoms with van der Waals surface area (Å²) in [5, 5.41) is 20.5. The van der Waals surface area contributed by atoms with Gasteiger partial charge in [0.2, 0.25) is 0 Å². The number of nitrogens with zero attached hydrogens (tertiary/aromatic N) is 2. The van der Waals surface area contributed by atoms with Crippen LogP contribution in [-0.2, 0) is 0 Å². The van der Waals surface area contributed by atoms with Gasteiger partial charge in [-0.3, -0.25) is 10.1 Å². The average molecular weight is 328 g/mol. The molecule has 0 amide bonds. The Morgan fingerprint density at radius 3 is 2.54 bits per heavy atom. The van der Waals surface area contributed by atoms with Crippen molar-refractivity contribution in [3.63, 3.8) is 0 Å². The first kappa shape index (κ1) is 17.0. The van der Waals surface area contributed by atoms with Crippen molar-refractivity contribution in [2.24, 2.45) is 0 Å². The molecule has 0 aromatic heterocycles. The monoisotopic (exact) mass is 328 g/mol. The lowest BCUT2D eigenvalue weighted by Gasteiger charge is -2.05. The summed E-state index contributed by atoms with van der Waals surface area (Å²) < 4.78 is 23.6. The molecule has 0 spiro atoms. The molecule has 0 atom stereocenters. The smallest absolute Gasteiger partial charge is 0.280 e. The van der Waals surface area contributed by atoms with Crippen molar-refractivity contribution in [2.75, 3.05) is 14.2 Å². The van der Waals surface area contributed by atoms with Crippen molar-refractivity contribution in [3.05, 3.63) is 63.5 Å². The van der Waals surface area contributed by atoms with Gasteiger partial charge in [0.25, 0.3) is 5.69 Å². The Kier molecular flexibility index (Phi) is 5.12. The molecule has 0 saturated carbocycles. The molecule has 0 heterocycles. The number of nitro groups is 1. The fourth-order valence-electron chi connectivity index (χ4n) is 2.10. The lowest BCUT2D eigenvalue weighted by atomic mass is 10.0. The predicted molar refractivity (Wildman–Crippen MR) is 86.1 cm³/mol. The highest BCUT2D eigenvalue weighted by Crippen LogP contribution is 2.29. The molecule has 2 aromatic carbocycles. The first-order valence-electron chi connectivity index (χ1n) is 6.78. The molecule has 6 nitrogen and oxygen atoms in total. The van der Waals surface area contributed by atoms with Gasteiger partial charge in [0, 0.05) is 0 Å². The number of hydrogen-bond acceptors (Lipinski definition) is 5. The molecule has 24 heavy (non-hydrogen) atoms. The third kappa shape index (κ3) is 3.50. The van der Waals surface area contributed by atoms with Crippen LogP contribution >= 0.6 is 0 Å². The lowest BCUT2D eigenvalue weighted by molar-refractivity contribution is -0.385. The highest BCUT2D eigenvalue weighted by Gasteiger charge is 2.15. The molecule has 0 bridgehead atoms. The Hall–Kier alpha value is -3.40. The van der Waals surface area contributed by atoms with Gasteiger partial charge in [0.05, 0.1) is 42.4 Å². The molecular weight excluding hydrogens is 315 g/mol. The standard InChI is InChI=1S/C17H13FN2O4/c1-23-14-5-3-12(16(9-14)20(21)22)7-13(10-19)11-4-6-17(24-2)15(18)8-11/h3-9H,1-2H3/b13-7+. The maximum absolute atomic E-state index is 13.8. The van der Waals surface area contributed by atoms with Crippen molar-refractivity contribution in [1.82, 2.24) is 0 Å². The molecule has 0 aliphatic heterocycles. The number of rotatable bonds is 5. The minimum Gasteiger partial charge on any atom is -0.497 e. The Labute approximate surface area is 137 Å². The van der Waals surface area contributed by atoms with E-state index in [2.05, 4.69) is 0 Å². The van der Waals surface area contributed by atoms with E-state index in [1.165, 1.54) is 44.6 Å². The summed E-state index contributed by atoms with van der Waals surface area (Å²) in [6, 6.07) is 10.2. The van der Waals surface area contributed by atoms with Crippen molar-refractivity contribution in [3.8, 4) is 17.6 Å². The van der Waals surface area contributed by atoms with Crippen LogP contribution in [0.2, 0.25) is 0 Å². The van der Waals surface area contributed by atoms with Crippen LogP contribution in [0.1, 0.15) is 11.1 Å². The highest BCUT2D eigenvalue weighted by molar-refractivity contribution is 5.91. The third-order valence-corrected chi connectivity index (χ3v) is 3.32. The Bertz CT molecular complexity index is 856. The minimum atomic E-state index is -0.625. The van der Waals surface area contributed by atoms with E-state index in [4.69, 9.17) is 9.47 Å². The first-order chi connectivity index (χ1) is 11.5. The van der Waals surface area contributed by atoms with Gasteiger partial charge in [-0.25, -0.2) is 4.39 Å².